The van der Waals surface area contributed by atoms with Gasteiger partial charge in [0.1, 0.15) is 9.71 Å². The number of esters is 1. The Morgan fingerprint density at radius 1 is 1.19 bits per heavy atom. The van der Waals surface area contributed by atoms with Gasteiger partial charge in [-0.25, -0.2) is 9.78 Å². The second-order valence-corrected chi connectivity index (χ2v) is 9.07. The van der Waals surface area contributed by atoms with Crippen LogP contribution < -0.4 is 10.9 Å². The summed E-state index contributed by atoms with van der Waals surface area (Å²) in [6, 6.07) is 11.4. The third-order valence-corrected chi connectivity index (χ3v) is 6.82. The van der Waals surface area contributed by atoms with Crippen LogP contribution in [0.4, 0.5) is 5.69 Å². The molecule has 164 valence electrons. The summed E-state index contributed by atoms with van der Waals surface area (Å²) in [6.45, 7) is 4.17. The van der Waals surface area contributed by atoms with Crippen molar-refractivity contribution in [3.63, 3.8) is 0 Å². The predicted octanol–water partition coefficient (Wildman–Crippen LogP) is 4.70. The third-order valence-electron chi connectivity index (χ3n) is 4.83. The van der Waals surface area contributed by atoms with Crippen LogP contribution in [0.1, 0.15) is 28.6 Å². The molecule has 0 bridgehead atoms. The van der Waals surface area contributed by atoms with E-state index < -0.39 is 5.97 Å². The highest BCUT2D eigenvalue weighted by Crippen LogP contribution is 2.35. The lowest BCUT2D eigenvalue weighted by Gasteiger charge is -2.07. The molecule has 3 heterocycles. The Balaban J connectivity index is 1.53. The molecule has 4 aromatic rings. The van der Waals surface area contributed by atoms with Crippen molar-refractivity contribution in [1.29, 1.82) is 0 Å². The zero-order chi connectivity index (χ0) is 22.7. The molecule has 0 fully saturated rings. The Hall–Kier alpha value is -3.30. The number of fused-ring (bicyclic) bond motifs is 1. The molecule has 1 amide bonds. The molecular weight excluding hydrogens is 446 g/mol. The van der Waals surface area contributed by atoms with E-state index in [9.17, 15) is 14.4 Å². The topological polar surface area (TPSA) is 90.3 Å². The van der Waals surface area contributed by atoms with Crippen molar-refractivity contribution in [1.82, 2.24) is 9.55 Å². The van der Waals surface area contributed by atoms with Crippen LogP contribution in [0.25, 0.3) is 20.7 Å². The van der Waals surface area contributed by atoms with E-state index in [4.69, 9.17) is 4.74 Å². The van der Waals surface area contributed by atoms with Crippen molar-refractivity contribution in [3.8, 4) is 10.4 Å². The molecule has 9 heteroatoms. The van der Waals surface area contributed by atoms with Gasteiger partial charge in [0.05, 0.1) is 24.0 Å². The molecule has 0 aliphatic heterocycles. The normalized spacial score (nSPS) is 10.9. The fourth-order valence-corrected chi connectivity index (χ4v) is 4.92. The predicted molar refractivity (Wildman–Crippen MR) is 128 cm³/mol. The van der Waals surface area contributed by atoms with E-state index in [1.54, 1.807) is 19.1 Å². The monoisotopic (exact) mass is 467 g/mol. The van der Waals surface area contributed by atoms with Crippen LogP contribution in [0.3, 0.4) is 0 Å². The number of rotatable bonds is 7. The van der Waals surface area contributed by atoms with E-state index in [1.165, 1.54) is 33.6 Å². The molecule has 3 aromatic heterocycles. The van der Waals surface area contributed by atoms with Crippen LogP contribution in [0.15, 0.2) is 52.9 Å². The van der Waals surface area contributed by atoms with E-state index in [-0.39, 0.29) is 31.0 Å². The van der Waals surface area contributed by atoms with Gasteiger partial charge >= 0.3 is 5.97 Å². The summed E-state index contributed by atoms with van der Waals surface area (Å²) in [5, 5.41) is 5.17. The Morgan fingerprint density at radius 3 is 2.72 bits per heavy atom. The first-order valence-electron chi connectivity index (χ1n) is 10.1. The number of ether oxygens (including phenoxy) is 1. The van der Waals surface area contributed by atoms with Crippen LogP contribution in [0.5, 0.6) is 0 Å². The molecule has 0 radical (unpaired) electrons. The standard InChI is InChI=1S/C23H21N3O4S2/c1-3-30-23(29)20-17(12-18(32-20)15-6-4-14(2)5-7-15)25-19(27)8-10-26-13-24-21-16(22(26)28)9-11-31-21/h4-7,9,11-13H,3,8,10H2,1-2H3,(H,25,27). The largest absolute Gasteiger partial charge is 0.462 e. The summed E-state index contributed by atoms with van der Waals surface area (Å²) in [4.78, 5) is 43.7. The zero-order valence-electron chi connectivity index (χ0n) is 17.6. The number of benzene rings is 1. The van der Waals surface area contributed by atoms with E-state index >= 15 is 0 Å². The average Bonchev–Trinajstić information content (AvgIpc) is 3.42. The molecular formula is C23H21N3O4S2. The first-order valence-corrected chi connectivity index (χ1v) is 11.8. The van der Waals surface area contributed by atoms with E-state index in [2.05, 4.69) is 10.3 Å². The van der Waals surface area contributed by atoms with Crippen molar-refractivity contribution in [2.75, 3.05) is 11.9 Å². The highest BCUT2D eigenvalue weighted by molar-refractivity contribution is 7.18. The molecule has 7 nitrogen and oxygen atoms in total. The molecule has 0 unspecified atom stereocenters. The number of nitrogens with zero attached hydrogens (tertiary/aromatic N) is 2. The molecule has 1 N–H and O–H groups in total. The number of thiophene rings is 2. The number of anilines is 1. The van der Waals surface area contributed by atoms with Crippen LogP contribution in [0, 0.1) is 6.92 Å². The maximum absolute atomic E-state index is 12.6. The van der Waals surface area contributed by atoms with Gasteiger partial charge < -0.3 is 10.1 Å². The van der Waals surface area contributed by atoms with E-state index in [1.807, 2.05) is 36.6 Å². The Morgan fingerprint density at radius 2 is 1.97 bits per heavy atom. The van der Waals surface area contributed by atoms with Gasteiger partial charge in [0.25, 0.3) is 5.56 Å². The number of carbonyl (C=O) groups excluding carboxylic acids is 2. The van der Waals surface area contributed by atoms with Crippen molar-refractivity contribution in [2.45, 2.75) is 26.8 Å². The highest BCUT2D eigenvalue weighted by Gasteiger charge is 2.20. The molecule has 0 saturated heterocycles. The second kappa shape index (κ2) is 9.46. The van der Waals surface area contributed by atoms with Crippen molar-refractivity contribution in [2.24, 2.45) is 0 Å². The quantitative estimate of drug-likeness (QED) is 0.398. The zero-order valence-corrected chi connectivity index (χ0v) is 19.2. The molecule has 1 aromatic carbocycles. The summed E-state index contributed by atoms with van der Waals surface area (Å²) in [6.07, 6.45) is 1.52. The maximum atomic E-state index is 12.6. The minimum absolute atomic E-state index is 0.0647. The van der Waals surface area contributed by atoms with Crippen molar-refractivity contribution in [3.05, 3.63) is 68.9 Å². The number of hydrogen-bond acceptors (Lipinski definition) is 7. The number of nitrogens with one attached hydrogen (secondary N) is 1. The lowest BCUT2D eigenvalue weighted by Crippen LogP contribution is -2.23. The summed E-state index contributed by atoms with van der Waals surface area (Å²) in [5.41, 5.74) is 2.32. The van der Waals surface area contributed by atoms with Gasteiger partial charge in [-0.2, -0.15) is 0 Å². The number of carbonyl (C=O) groups is 2. The van der Waals surface area contributed by atoms with Crippen LogP contribution in [-0.2, 0) is 16.1 Å². The van der Waals surface area contributed by atoms with Crippen LogP contribution in [0.2, 0.25) is 0 Å². The first kappa shape index (κ1) is 21.9. The Kier molecular flexibility index (Phi) is 6.48. The van der Waals surface area contributed by atoms with Gasteiger partial charge in [0.15, 0.2) is 0 Å². The summed E-state index contributed by atoms with van der Waals surface area (Å²) in [5.74, 6) is -0.782. The number of aromatic nitrogens is 2. The Bertz CT molecular complexity index is 1340. The Labute approximate surface area is 192 Å². The maximum Gasteiger partial charge on any atom is 0.350 e. The third kappa shape index (κ3) is 4.63. The molecule has 0 aliphatic carbocycles. The fraction of sp³-hybridized carbons (Fsp3) is 0.217. The van der Waals surface area contributed by atoms with E-state index in [0.717, 1.165) is 16.0 Å². The number of aryl methyl sites for hydroxylation is 2. The van der Waals surface area contributed by atoms with Gasteiger partial charge in [-0.15, -0.1) is 22.7 Å². The van der Waals surface area contributed by atoms with Gasteiger partial charge in [-0.05, 0) is 36.9 Å². The van der Waals surface area contributed by atoms with Gasteiger partial charge in [-0.1, -0.05) is 29.8 Å². The summed E-state index contributed by atoms with van der Waals surface area (Å²) in [7, 11) is 0. The lowest BCUT2D eigenvalue weighted by atomic mass is 10.1. The molecule has 0 spiro atoms. The first-order chi connectivity index (χ1) is 15.5. The smallest absolute Gasteiger partial charge is 0.350 e. The minimum atomic E-state index is -0.477. The molecule has 0 aliphatic rings. The molecule has 4 rings (SSSR count). The van der Waals surface area contributed by atoms with Gasteiger partial charge in [-0.3, -0.25) is 14.2 Å². The van der Waals surface area contributed by atoms with Gasteiger partial charge in [0.2, 0.25) is 5.91 Å². The second-order valence-electron chi connectivity index (χ2n) is 7.12. The fourth-order valence-electron chi connectivity index (χ4n) is 3.18. The summed E-state index contributed by atoms with van der Waals surface area (Å²) < 4.78 is 6.59. The molecule has 0 saturated carbocycles. The van der Waals surface area contributed by atoms with Crippen LogP contribution in [-0.4, -0.2) is 28.0 Å². The summed E-state index contributed by atoms with van der Waals surface area (Å²) >= 11 is 2.67. The van der Waals surface area contributed by atoms with Crippen molar-refractivity contribution < 1.29 is 14.3 Å². The lowest BCUT2D eigenvalue weighted by molar-refractivity contribution is -0.116. The highest BCUT2D eigenvalue weighted by atomic mass is 32.1. The molecule has 32 heavy (non-hydrogen) atoms. The molecule has 0 atom stereocenters. The average molecular weight is 468 g/mol. The SMILES string of the molecule is CCOC(=O)c1sc(-c2ccc(C)cc2)cc1NC(=O)CCn1cnc2sccc2c1=O. The minimum Gasteiger partial charge on any atom is -0.462 e. The number of amides is 1. The van der Waals surface area contributed by atoms with Gasteiger partial charge in [0, 0.05) is 17.8 Å². The van der Waals surface area contributed by atoms with E-state index in [0.29, 0.717) is 20.8 Å². The van der Waals surface area contributed by atoms with Crippen molar-refractivity contribution >= 4 is 50.5 Å². The van der Waals surface area contributed by atoms with Crippen LogP contribution >= 0.6 is 22.7 Å². The number of hydrogen-bond donors (Lipinski definition) is 1.